The van der Waals surface area contributed by atoms with Gasteiger partial charge in [-0.15, -0.1) is 0 Å². The van der Waals surface area contributed by atoms with Gasteiger partial charge < -0.3 is 15.6 Å². The van der Waals surface area contributed by atoms with Gasteiger partial charge in [0, 0.05) is 16.7 Å². The molecule has 3 N–H and O–H groups in total. The zero-order valence-corrected chi connectivity index (χ0v) is 9.93. The van der Waals surface area contributed by atoms with Gasteiger partial charge in [0.2, 0.25) is 0 Å². The van der Waals surface area contributed by atoms with E-state index >= 15 is 0 Å². The van der Waals surface area contributed by atoms with Crippen LogP contribution in [-0.4, -0.2) is 18.8 Å². The molecule has 1 atom stereocenters. The quantitative estimate of drug-likeness (QED) is 0.837. The molecule has 0 heterocycles. The predicted molar refractivity (Wildman–Crippen MR) is 61.9 cm³/mol. The first-order valence-electron chi connectivity index (χ1n) is 4.78. The topological polar surface area (TPSA) is 55.5 Å². The average molecular weight is 230 g/mol. The van der Waals surface area contributed by atoms with E-state index < -0.39 is 0 Å². The molecule has 84 valence electrons. The van der Waals surface area contributed by atoms with E-state index in [4.69, 9.17) is 22.1 Å². The second-order valence-electron chi connectivity index (χ2n) is 3.58. The highest BCUT2D eigenvalue weighted by Gasteiger charge is 2.18. The van der Waals surface area contributed by atoms with E-state index in [1.165, 1.54) is 7.11 Å². The van der Waals surface area contributed by atoms with Crippen molar-refractivity contribution in [3.8, 4) is 11.5 Å². The second-order valence-corrected chi connectivity index (χ2v) is 3.99. The fraction of sp³-hybridized carbons (Fsp3) is 0.455. The van der Waals surface area contributed by atoms with Crippen molar-refractivity contribution in [2.75, 3.05) is 13.7 Å². The van der Waals surface area contributed by atoms with Crippen LogP contribution in [-0.2, 0) is 0 Å². The molecule has 0 saturated carbocycles. The van der Waals surface area contributed by atoms with Crippen LogP contribution in [0.4, 0.5) is 0 Å². The van der Waals surface area contributed by atoms with Gasteiger partial charge in [0.1, 0.15) is 0 Å². The van der Waals surface area contributed by atoms with Crippen molar-refractivity contribution in [2.45, 2.75) is 19.8 Å². The molecular weight excluding hydrogens is 214 g/mol. The van der Waals surface area contributed by atoms with Gasteiger partial charge in [-0.2, -0.15) is 0 Å². The summed E-state index contributed by atoms with van der Waals surface area (Å²) in [7, 11) is 1.50. The zero-order chi connectivity index (χ0) is 11.6. The van der Waals surface area contributed by atoms with Crippen LogP contribution in [0.15, 0.2) is 6.07 Å². The van der Waals surface area contributed by atoms with Crippen molar-refractivity contribution in [3.05, 3.63) is 22.2 Å². The molecule has 0 saturated heterocycles. The van der Waals surface area contributed by atoms with Crippen molar-refractivity contribution < 1.29 is 9.84 Å². The van der Waals surface area contributed by atoms with E-state index in [0.29, 0.717) is 17.3 Å². The number of rotatable bonds is 3. The van der Waals surface area contributed by atoms with Crippen LogP contribution in [0.5, 0.6) is 11.5 Å². The Morgan fingerprint density at radius 3 is 2.67 bits per heavy atom. The smallest absolute Gasteiger partial charge is 0.162 e. The Kier molecular flexibility index (Phi) is 3.83. The third-order valence-corrected chi connectivity index (χ3v) is 2.97. The largest absolute Gasteiger partial charge is 0.504 e. The van der Waals surface area contributed by atoms with Gasteiger partial charge in [0.05, 0.1) is 7.11 Å². The lowest BCUT2D eigenvalue weighted by Gasteiger charge is -2.17. The molecule has 1 aromatic carbocycles. The molecule has 0 spiro atoms. The van der Waals surface area contributed by atoms with Crippen molar-refractivity contribution in [3.63, 3.8) is 0 Å². The molecule has 0 aliphatic rings. The molecule has 1 rings (SSSR count). The predicted octanol–water partition coefficient (Wildman–Crippen LogP) is 2.42. The van der Waals surface area contributed by atoms with Crippen LogP contribution in [0.2, 0.25) is 5.02 Å². The van der Waals surface area contributed by atoms with Gasteiger partial charge in [-0.3, -0.25) is 0 Å². The Balaban J connectivity index is 3.40. The highest BCUT2D eigenvalue weighted by atomic mass is 35.5. The number of phenols is 1. The van der Waals surface area contributed by atoms with Crippen molar-refractivity contribution in [1.29, 1.82) is 0 Å². The summed E-state index contributed by atoms with van der Waals surface area (Å²) in [6.45, 7) is 4.26. The summed E-state index contributed by atoms with van der Waals surface area (Å²) in [4.78, 5) is 0. The number of hydrogen-bond acceptors (Lipinski definition) is 3. The number of hydrogen-bond donors (Lipinski definition) is 2. The van der Waals surface area contributed by atoms with Crippen molar-refractivity contribution >= 4 is 11.6 Å². The van der Waals surface area contributed by atoms with E-state index in [0.717, 1.165) is 11.1 Å². The van der Waals surface area contributed by atoms with Crippen LogP contribution in [0.25, 0.3) is 0 Å². The maximum atomic E-state index is 9.96. The SMILES string of the molecule is COc1cc(Cl)c(C)c(C(C)CN)c1O. The van der Waals surface area contributed by atoms with E-state index in [1.54, 1.807) is 6.07 Å². The normalized spacial score (nSPS) is 12.6. The molecule has 1 aromatic rings. The molecule has 0 bridgehead atoms. The summed E-state index contributed by atoms with van der Waals surface area (Å²) < 4.78 is 5.04. The highest BCUT2D eigenvalue weighted by Crippen LogP contribution is 2.40. The molecule has 0 aromatic heterocycles. The minimum absolute atomic E-state index is 0.0533. The molecule has 4 heteroatoms. The summed E-state index contributed by atoms with van der Waals surface area (Å²) in [6, 6.07) is 1.61. The van der Waals surface area contributed by atoms with E-state index in [2.05, 4.69) is 0 Å². The van der Waals surface area contributed by atoms with E-state index in [9.17, 15) is 5.11 Å². The maximum absolute atomic E-state index is 9.96. The standard InChI is InChI=1S/C11H16ClNO2/c1-6(5-13)10-7(2)8(12)4-9(15-3)11(10)14/h4,6,14H,5,13H2,1-3H3. The lowest BCUT2D eigenvalue weighted by molar-refractivity contribution is 0.368. The fourth-order valence-electron chi connectivity index (χ4n) is 1.61. The first kappa shape index (κ1) is 12.1. The molecule has 1 unspecified atom stereocenters. The number of ether oxygens (including phenoxy) is 1. The summed E-state index contributed by atoms with van der Waals surface area (Å²) >= 11 is 6.04. The van der Waals surface area contributed by atoms with E-state index in [-0.39, 0.29) is 11.7 Å². The van der Waals surface area contributed by atoms with Crippen LogP contribution < -0.4 is 10.5 Å². The van der Waals surface area contributed by atoms with E-state index in [1.807, 2.05) is 13.8 Å². The van der Waals surface area contributed by atoms with Crippen LogP contribution in [0.1, 0.15) is 24.0 Å². The number of halogens is 1. The summed E-state index contributed by atoms with van der Waals surface area (Å²) in [5.41, 5.74) is 7.21. The number of nitrogens with two attached hydrogens (primary N) is 1. The Morgan fingerprint density at radius 1 is 1.60 bits per heavy atom. The lowest BCUT2D eigenvalue weighted by Crippen LogP contribution is -2.11. The third kappa shape index (κ3) is 2.19. The molecule has 0 amide bonds. The molecule has 0 aliphatic heterocycles. The number of methoxy groups -OCH3 is 1. The van der Waals surface area contributed by atoms with Crippen molar-refractivity contribution in [2.24, 2.45) is 5.73 Å². The number of benzene rings is 1. The minimum atomic E-state index is 0.0533. The summed E-state index contributed by atoms with van der Waals surface area (Å²) in [5, 5.41) is 10.5. The van der Waals surface area contributed by atoms with Crippen LogP contribution >= 0.6 is 11.6 Å². The van der Waals surface area contributed by atoms with Crippen LogP contribution in [0.3, 0.4) is 0 Å². The second kappa shape index (κ2) is 4.73. The highest BCUT2D eigenvalue weighted by molar-refractivity contribution is 6.31. The first-order valence-corrected chi connectivity index (χ1v) is 5.16. The molecule has 0 radical (unpaired) electrons. The Bertz CT molecular complexity index is 366. The monoisotopic (exact) mass is 229 g/mol. The molecule has 0 aliphatic carbocycles. The zero-order valence-electron chi connectivity index (χ0n) is 9.17. The van der Waals surface area contributed by atoms with Gasteiger partial charge in [-0.1, -0.05) is 18.5 Å². The molecule has 3 nitrogen and oxygen atoms in total. The molecular formula is C11H16ClNO2. The van der Waals surface area contributed by atoms with Crippen molar-refractivity contribution in [1.82, 2.24) is 0 Å². The molecule has 15 heavy (non-hydrogen) atoms. The van der Waals surface area contributed by atoms with Gasteiger partial charge in [0.15, 0.2) is 11.5 Å². The van der Waals surface area contributed by atoms with Gasteiger partial charge in [-0.25, -0.2) is 0 Å². The summed E-state index contributed by atoms with van der Waals surface area (Å²) in [5.74, 6) is 0.579. The number of phenolic OH excluding ortho intramolecular Hbond substituents is 1. The molecule has 0 fully saturated rings. The average Bonchev–Trinajstić information content (AvgIpc) is 2.23. The van der Waals surface area contributed by atoms with Gasteiger partial charge in [-0.05, 0) is 24.9 Å². The van der Waals surface area contributed by atoms with Gasteiger partial charge >= 0.3 is 0 Å². The Hall–Kier alpha value is -0.930. The summed E-state index contributed by atoms with van der Waals surface area (Å²) in [6.07, 6.45) is 0. The van der Waals surface area contributed by atoms with Crippen LogP contribution in [0, 0.1) is 6.92 Å². The number of aromatic hydroxyl groups is 1. The fourth-order valence-corrected chi connectivity index (χ4v) is 1.81. The minimum Gasteiger partial charge on any atom is -0.504 e. The Morgan fingerprint density at radius 2 is 2.20 bits per heavy atom. The van der Waals surface area contributed by atoms with Gasteiger partial charge in [0.25, 0.3) is 0 Å². The first-order chi connectivity index (χ1) is 7.02. The third-order valence-electron chi connectivity index (χ3n) is 2.57. The lowest BCUT2D eigenvalue weighted by atomic mass is 9.95. The maximum Gasteiger partial charge on any atom is 0.162 e. The Labute approximate surface area is 94.8 Å².